The quantitative estimate of drug-likeness (QED) is 0.252. The first-order valence-electron chi connectivity index (χ1n) is 8.55. The number of aryl methyl sites for hydroxylation is 1. The first-order chi connectivity index (χ1) is 13.2. The number of alkyl halides is 3. The van der Waals surface area contributed by atoms with Crippen LogP contribution in [-0.4, -0.2) is 30.8 Å². The lowest BCUT2D eigenvalue weighted by Crippen LogP contribution is -2.38. The fourth-order valence-electron chi connectivity index (χ4n) is 2.30. The van der Waals surface area contributed by atoms with E-state index < -0.39 is 12.8 Å². The Morgan fingerprint density at radius 3 is 2.52 bits per heavy atom. The lowest BCUT2D eigenvalue weighted by Gasteiger charge is -2.18. The highest BCUT2D eigenvalue weighted by Gasteiger charge is 2.28. The highest BCUT2D eigenvalue weighted by atomic mass is 127. The molecule has 0 saturated carbocycles. The molecule has 1 atom stereocenters. The van der Waals surface area contributed by atoms with E-state index in [0.29, 0.717) is 18.1 Å². The molecule has 1 aromatic heterocycles. The number of guanidine groups is 1. The first kappa shape index (κ1) is 24.9. The standard InChI is InChI=1S/C19H22F4N4O.HI/c1-12-4-6-15(8-16(12)20)13(2)27-18(24-3)26-10-14-5-7-17(25-9-14)28-11-19(21,22)23;/h4-9,13H,10-11H2,1-3H3,(H2,24,26,27);1H. The molecule has 0 radical (unpaired) electrons. The molecule has 1 heterocycles. The number of nitrogens with one attached hydrogen (secondary N) is 2. The van der Waals surface area contributed by atoms with E-state index in [0.717, 1.165) is 11.1 Å². The number of hydrogen-bond donors (Lipinski definition) is 2. The van der Waals surface area contributed by atoms with E-state index >= 15 is 0 Å². The van der Waals surface area contributed by atoms with Crippen molar-refractivity contribution in [3.8, 4) is 5.88 Å². The average Bonchev–Trinajstić information content (AvgIpc) is 2.65. The van der Waals surface area contributed by atoms with Crippen molar-refractivity contribution in [2.24, 2.45) is 4.99 Å². The van der Waals surface area contributed by atoms with Crippen LogP contribution < -0.4 is 15.4 Å². The van der Waals surface area contributed by atoms with Crippen LogP contribution in [0, 0.1) is 12.7 Å². The molecule has 0 aliphatic rings. The van der Waals surface area contributed by atoms with E-state index in [1.165, 1.54) is 18.3 Å². The summed E-state index contributed by atoms with van der Waals surface area (Å²) in [4.78, 5) is 7.96. The second-order valence-electron chi connectivity index (χ2n) is 6.21. The molecule has 1 unspecified atom stereocenters. The summed E-state index contributed by atoms with van der Waals surface area (Å²) in [5.74, 6) is 0.123. The van der Waals surface area contributed by atoms with Gasteiger partial charge in [0, 0.05) is 25.9 Å². The summed E-state index contributed by atoms with van der Waals surface area (Å²) in [6, 6.07) is 7.83. The maximum Gasteiger partial charge on any atom is 0.422 e. The second-order valence-corrected chi connectivity index (χ2v) is 6.21. The number of pyridine rings is 1. The van der Waals surface area contributed by atoms with Crippen LogP contribution in [0.15, 0.2) is 41.5 Å². The summed E-state index contributed by atoms with van der Waals surface area (Å²) in [6.45, 7) is 2.54. The third kappa shape index (κ3) is 8.42. The number of aliphatic imine (C=N–C) groups is 1. The molecule has 0 amide bonds. The van der Waals surface area contributed by atoms with Gasteiger partial charge < -0.3 is 15.4 Å². The third-order valence-corrected chi connectivity index (χ3v) is 3.91. The van der Waals surface area contributed by atoms with Crippen molar-refractivity contribution in [3.63, 3.8) is 0 Å². The second kappa shape index (κ2) is 11.2. The van der Waals surface area contributed by atoms with Crippen LogP contribution in [0.1, 0.15) is 29.7 Å². The molecule has 2 N–H and O–H groups in total. The van der Waals surface area contributed by atoms with Gasteiger partial charge in [0.15, 0.2) is 12.6 Å². The van der Waals surface area contributed by atoms with Crippen molar-refractivity contribution in [3.05, 3.63) is 59.0 Å². The number of benzene rings is 1. The van der Waals surface area contributed by atoms with Crippen LogP contribution in [0.4, 0.5) is 17.6 Å². The van der Waals surface area contributed by atoms with Gasteiger partial charge in [-0.25, -0.2) is 9.37 Å². The Labute approximate surface area is 184 Å². The van der Waals surface area contributed by atoms with E-state index in [1.807, 2.05) is 13.0 Å². The normalized spacial score (nSPS) is 12.7. The molecule has 0 saturated heterocycles. The molecule has 2 aromatic rings. The Bertz CT molecular complexity index is 813. The molecule has 0 aliphatic heterocycles. The molecule has 10 heteroatoms. The van der Waals surface area contributed by atoms with E-state index in [-0.39, 0.29) is 41.7 Å². The molecule has 2 rings (SSSR count). The third-order valence-electron chi connectivity index (χ3n) is 3.91. The summed E-state index contributed by atoms with van der Waals surface area (Å²) in [5, 5.41) is 6.22. The Morgan fingerprint density at radius 1 is 1.24 bits per heavy atom. The Kier molecular flexibility index (Phi) is 9.60. The van der Waals surface area contributed by atoms with Crippen LogP contribution in [0.25, 0.3) is 0 Å². The molecular weight excluding hydrogens is 503 g/mol. The van der Waals surface area contributed by atoms with Crippen LogP contribution in [-0.2, 0) is 6.54 Å². The number of nitrogens with zero attached hydrogens (tertiary/aromatic N) is 2. The van der Waals surface area contributed by atoms with Crippen molar-refractivity contribution in [2.45, 2.75) is 32.6 Å². The average molecular weight is 526 g/mol. The largest absolute Gasteiger partial charge is 0.468 e. The molecule has 1 aromatic carbocycles. The first-order valence-corrected chi connectivity index (χ1v) is 8.55. The fourth-order valence-corrected chi connectivity index (χ4v) is 2.30. The van der Waals surface area contributed by atoms with E-state index in [9.17, 15) is 17.6 Å². The zero-order valence-corrected chi connectivity index (χ0v) is 18.5. The van der Waals surface area contributed by atoms with Crippen molar-refractivity contribution >= 4 is 29.9 Å². The van der Waals surface area contributed by atoms with Gasteiger partial charge in [0.25, 0.3) is 0 Å². The maximum absolute atomic E-state index is 13.7. The zero-order chi connectivity index (χ0) is 20.7. The topological polar surface area (TPSA) is 58.5 Å². The number of aromatic nitrogens is 1. The smallest absolute Gasteiger partial charge is 0.422 e. The Balaban J connectivity index is 0.00000420. The van der Waals surface area contributed by atoms with Gasteiger partial charge in [-0.1, -0.05) is 18.2 Å². The number of halogens is 5. The van der Waals surface area contributed by atoms with Crippen LogP contribution in [0.5, 0.6) is 5.88 Å². The summed E-state index contributed by atoms with van der Waals surface area (Å²) in [7, 11) is 1.60. The van der Waals surface area contributed by atoms with E-state index in [1.54, 1.807) is 26.1 Å². The SMILES string of the molecule is CN=C(NCc1ccc(OCC(F)(F)F)nc1)NC(C)c1ccc(C)c(F)c1.I. The van der Waals surface area contributed by atoms with Gasteiger partial charge in [-0.2, -0.15) is 13.2 Å². The highest BCUT2D eigenvalue weighted by molar-refractivity contribution is 14.0. The lowest BCUT2D eigenvalue weighted by atomic mass is 10.1. The van der Waals surface area contributed by atoms with Crippen LogP contribution in [0.2, 0.25) is 0 Å². The van der Waals surface area contributed by atoms with Gasteiger partial charge in [0.1, 0.15) is 5.82 Å². The van der Waals surface area contributed by atoms with Gasteiger partial charge in [-0.05, 0) is 36.6 Å². The molecule has 160 valence electrons. The van der Waals surface area contributed by atoms with Crippen LogP contribution in [0.3, 0.4) is 0 Å². The van der Waals surface area contributed by atoms with Crippen molar-refractivity contribution in [1.29, 1.82) is 0 Å². The number of hydrogen-bond acceptors (Lipinski definition) is 3. The van der Waals surface area contributed by atoms with Gasteiger partial charge in [-0.3, -0.25) is 4.99 Å². The van der Waals surface area contributed by atoms with E-state index in [4.69, 9.17) is 0 Å². The summed E-state index contributed by atoms with van der Waals surface area (Å²) >= 11 is 0. The molecule has 29 heavy (non-hydrogen) atoms. The highest BCUT2D eigenvalue weighted by Crippen LogP contribution is 2.17. The molecule has 0 spiro atoms. The molecular formula is C19H23F4IN4O. The fraction of sp³-hybridized carbons (Fsp3) is 0.368. The van der Waals surface area contributed by atoms with E-state index in [2.05, 4.69) is 25.3 Å². The van der Waals surface area contributed by atoms with Gasteiger partial charge in [0.2, 0.25) is 5.88 Å². The summed E-state index contributed by atoms with van der Waals surface area (Å²) < 4.78 is 54.7. The molecule has 5 nitrogen and oxygen atoms in total. The van der Waals surface area contributed by atoms with Crippen molar-refractivity contribution < 1.29 is 22.3 Å². The number of ether oxygens (including phenoxy) is 1. The minimum atomic E-state index is -4.41. The monoisotopic (exact) mass is 526 g/mol. The van der Waals surface area contributed by atoms with Gasteiger partial charge >= 0.3 is 6.18 Å². The van der Waals surface area contributed by atoms with Gasteiger partial charge in [-0.15, -0.1) is 24.0 Å². The van der Waals surface area contributed by atoms with Gasteiger partial charge in [0.05, 0.1) is 6.04 Å². The van der Waals surface area contributed by atoms with Crippen molar-refractivity contribution in [1.82, 2.24) is 15.6 Å². The molecule has 0 aliphatic carbocycles. The minimum Gasteiger partial charge on any atom is -0.468 e. The summed E-state index contributed by atoms with van der Waals surface area (Å²) in [6.07, 6.45) is -2.98. The predicted molar refractivity (Wildman–Crippen MR) is 114 cm³/mol. The van der Waals surface area contributed by atoms with Crippen LogP contribution >= 0.6 is 24.0 Å². The maximum atomic E-state index is 13.7. The Morgan fingerprint density at radius 2 is 1.97 bits per heavy atom. The molecule has 0 fully saturated rings. The lowest BCUT2D eigenvalue weighted by molar-refractivity contribution is -0.154. The Hall–Kier alpha value is -2.11. The minimum absolute atomic E-state index is 0. The zero-order valence-electron chi connectivity index (χ0n) is 16.2. The number of rotatable bonds is 6. The van der Waals surface area contributed by atoms with Crippen molar-refractivity contribution in [2.75, 3.05) is 13.7 Å². The summed E-state index contributed by atoms with van der Waals surface area (Å²) in [5.41, 5.74) is 2.09. The predicted octanol–water partition coefficient (Wildman–Crippen LogP) is 4.51. The molecule has 0 bridgehead atoms.